The first kappa shape index (κ1) is 14.4. The first-order valence-corrected chi connectivity index (χ1v) is 7.19. The monoisotopic (exact) mass is 264 g/mol. The van der Waals surface area contributed by atoms with Crippen molar-refractivity contribution in [3.05, 3.63) is 29.6 Å². The lowest BCUT2D eigenvalue weighted by molar-refractivity contribution is 0.0772. The molecule has 0 saturated carbocycles. The third kappa shape index (κ3) is 5.27. The zero-order chi connectivity index (χ0) is 13.3. The zero-order valence-corrected chi connectivity index (χ0v) is 11.7. The van der Waals surface area contributed by atoms with Gasteiger partial charge in [-0.05, 0) is 31.5 Å². The van der Waals surface area contributed by atoms with Crippen molar-refractivity contribution in [1.82, 2.24) is 10.3 Å². The molecule has 0 spiro atoms. The Morgan fingerprint density at radius 1 is 1.42 bits per heavy atom. The van der Waals surface area contributed by atoms with Gasteiger partial charge in [-0.3, -0.25) is 4.98 Å². The molecule has 1 saturated heterocycles. The molecule has 106 valence electrons. The summed E-state index contributed by atoms with van der Waals surface area (Å²) < 4.78 is 11.1. The Hall–Kier alpha value is -0.970. The van der Waals surface area contributed by atoms with E-state index >= 15 is 0 Å². The number of nitrogens with zero attached hydrogens (tertiary/aromatic N) is 1. The summed E-state index contributed by atoms with van der Waals surface area (Å²) in [6.45, 7) is 7.12. The van der Waals surface area contributed by atoms with E-state index in [0.717, 1.165) is 57.1 Å². The number of pyridine rings is 1. The van der Waals surface area contributed by atoms with E-state index in [9.17, 15) is 0 Å². The molecule has 1 aromatic rings. The van der Waals surface area contributed by atoms with Crippen LogP contribution < -0.4 is 5.32 Å². The van der Waals surface area contributed by atoms with Gasteiger partial charge in [0.1, 0.15) is 0 Å². The molecule has 0 bridgehead atoms. The number of hydrogen-bond donors (Lipinski definition) is 1. The topological polar surface area (TPSA) is 43.4 Å². The Morgan fingerprint density at radius 2 is 2.32 bits per heavy atom. The Bertz CT molecular complexity index is 365. The molecule has 19 heavy (non-hydrogen) atoms. The maximum Gasteiger partial charge on any atom is 0.0888 e. The van der Waals surface area contributed by atoms with Gasteiger partial charge in [0, 0.05) is 19.1 Å². The molecule has 0 amide bonds. The molecular formula is C15H24N2O2. The second kappa shape index (κ2) is 8.25. The Labute approximate surface area is 115 Å². The van der Waals surface area contributed by atoms with Crippen molar-refractivity contribution in [1.29, 1.82) is 0 Å². The van der Waals surface area contributed by atoms with Crippen LogP contribution in [-0.2, 0) is 22.6 Å². The van der Waals surface area contributed by atoms with Crippen LogP contribution >= 0.6 is 0 Å². The van der Waals surface area contributed by atoms with E-state index in [-0.39, 0.29) is 0 Å². The second-order valence-electron chi connectivity index (χ2n) is 5.04. The third-order valence-corrected chi connectivity index (χ3v) is 3.22. The van der Waals surface area contributed by atoms with Gasteiger partial charge in [0.2, 0.25) is 0 Å². The van der Waals surface area contributed by atoms with Crippen molar-refractivity contribution in [2.45, 2.75) is 32.9 Å². The summed E-state index contributed by atoms with van der Waals surface area (Å²) in [5, 5.41) is 3.36. The number of ether oxygens (including phenoxy) is 2. The Kier molecular flexibility index (Phi) is 6.27. The largest absolute Gasteiger partial charge is 0.381 e. The minimum atomic E-state index is 0.564. The van der Waals surface area contributed by atoms with E-state index < -0.39 is 0 Å². The summed E-state index contributed by atoms with van der Waals surface area (Å²) in [5.41, 5.74) is 2.09. The quantitative estimate of drug-likeness (QED) is 0.731. The second-order valence-corrected chi connectivity index (χ2v) is 5.04. The van der Waals surface area contributed by atoms with Gasteiger partial charge in [0.15, 0.2) is 0 Å². The molecule has 1 aliphatic rings. The van der Waals surface area contributed by atoms with E-state index in [1.807, 2.05) is 12.1 Å². The SMILES string of the molecule is CCCNCc1cccc(COCC2CCOC2)n1. The number of hydrogen-bond acceptors (Lipinski definition) is 4. The van der Waals surface area contributed by atoms with Crippen LogP contribution in [0.2, 0.25) is 0 Å². The summed E-state index contributed by atoms with van der Waals surface area (Å²) in [6, 6.07) is 6.12. The predicted molar refractivity (Wildman–Crippen MR) is 74.8 cm³/mol. The van der Waals surface area contributed by atoms with Crippen LogP contribution in [0, 0.1) is 5.92 Å². The molecule has 4 heteroatoms. The zero-order valence-electron chi connectivity index (χ0n) is 11.7. The van der Waals surface area contributed by atoms with Gasteiger partial charge in [-0.25, -0.2) is 0 Å². The number of rotatable bonds is 8. The molecule has 0 radical (unpaired) electrons. The summed E-state index contributed by atoms with van der Waals surface area (Å²) in [4.78, 5) is 4.59. The fourth-order valence-electron chi connectivity index (χ4n) is 2.15. The molecule has 0 aromatic carbocycles. The van der Waals surface area contributed by atoms with Crippen molar-refractivity contribution in [3.63, 3.8) is 0 Å². The van der Waals surface area contributed by atoms with Crippen molar-refractivity contribution in [2.75, 3.05) is 26.4 Å². The lowest BCUT2D eigenvalue weighted by Gasteiger charge is -2.09. The number of aromatic nitrogens is 1. The predicted octanol–water partition coefficient (Wildman–Crippen LogP) is 2.13. The molecule has 2 rings (SSSR count). The lowest BCUT2D eigenvalue weighted by Crippen LogP contribution is -2.15. The standard InChI is InChI=1S/C15H24N2O2/c1-2-7-16-9-14-4-3-5-15(17-14)12-19-11-13-6-8-18-10-13/h3-5,13,16H,2,6-12H2,1H3. The molecule has 1 aliphatic heterocycles. The van der Waals surface area contributed by atoms with Crippen molar-refractivity contribution >= 4 is 0 Å². The highest BCUT2D eigenvalue weighted by atomic mass is 16.5. The van der Waals surface area contributed by atoms with Gasteiger partial charge in [0.25, 0.3) is 0 Å². The summed E-state index contributed by atoms with van der Waals surface area (Å²) in [7, 11) is 0. The highest BCUT2D eigenvalue weighted by molar-refractivity contribution is 5.10. The first-order chi connectivity index (χ1) is 9.38. The number of nitrogens with one attached hydrogen (secondary N) is 1. The molecule has 1 aromatic heterocycles. The summed E-state index contributed by atoms with van der Waals surface area (Å²) >= 11 is 0. The normalized spacial score (nSPS) is 18.9. The van der Waals surface area contributed by atoms with E-state index in [2.05, 4.69) is 23.3 Å². The first-order valence-electron chi connectivity index (χ1n) is 7.19. The van der Waals surface area contributed by atoms with Crippen LogP contribution in [0.3, 0.4) is 0 Å². The smallest absolute Gasteiger partial charge is 0.0888 e. The van der Waals surface area contributed by atoms with Crippen molar-refractivity contribution < 1.29 is 9.47 Å². The molecule has 0 aliphatic carbocycles. The van der Waals surface area contributed by atoms with E-state index in [1.54, 1.807) is 0 Å². The van der Waals surface area contributed by atoms with Gasteiger partial charge >= 0.3 is 0 Å². The summed E-state index contributed by atoms with van der Waals surface area (Å²) in [6.07, 6.45) is 2.26. The minimum absolute atomic E-state index is 0.564. The molecule has 1 unspecified atom stereocenters. The average molecular weight is 264 g/mol. The average Bonchev–Trinajstić information content (AvgIpc) is 2.93. The van der Waals surface area contributed by atoms with Gasteiger partial charge in [0.05, 0.1) is 31.2 Å². The van der Waals surface area contributed by atoms with Gasteiger partial charge in [-0.2, -0.15) is 0 Å². The molecular weight excluding hydrogens is 240 g/mol. The van der Waals surface area contributed by atoms with Gasteiger partial charge in [-0.15, -0.1) is 0 Å². The van der Waals surface area contributed by atoms with Crippen LogP contribution in [0.1, 0.15) is 31.2 Å². The van der Waals surface area contributed by atoms with Gasteiger partial charge in [-0.1, -0.05) is 13.0 Å². The third-order valence-electron chi connectivity index (χ3n) is 3.22. The lowest BCUT2D eigenvalue weighted by atomic mass is 10.1. The molecule has 1 atom stereocenters. The fraction of sp³-hybridized carbons (Fsp3) is 0.667. The fourth-order valence-corrected chi connectivity index (χ4v) is 2.15. The summed E-state index contributed by atoms with van der Waals surface area (Å²) in [5.74, 6) is 0.564. The molecule has 1 fully saturated rings. The van der Waals surface area contributed by atoms with E-state index in [0.29, 0.717) is 12.5 Å². The molecule has 2 heterocycles. The Morgan fingerprint density at radius 3 is 3.11 bits per heavy atom. The van der Waals surface area contributed by atoms with Crippen LogP contribution in [0.15, 0.2) is 18.2 Å². The minimum Gasteiger partial charge on any atom is -0.381 e. The van der Waals surface area contributed by atoms with Crippen molar-refractivity contribution in [3.8, 4) is 0 Å². The van der Waals surface area contributed by atoms with Crippen LogP contribution in [0.5, 0.6) is 0 Å². The highest BCUT2D eigenvalue weighted by Gasteiger charge is 2.15. The van der Waals surface area contributed by atoms with Crippen LogP contribution in [-0.4, -0.2) is 31.3 Å². The highest BCUT2D eigenvalue weighted by Crippen LogP contribution is 2.13. The van der Waals surface area contributed by atoms with Gasteiger partial charge < -0.3 is 14.8 Å². The van der Waals surface area contributed by atoms with Crippen LogP contribution in [0.4, 0.5) is 0 Å². The molecule has 1 N–H and O–H groups in total. The maximum atomic E-state index is 5.72. The van der Waals surface area contributed by atoms with Crippen LogP contribution in [0.25, 0.3) is 0 Å². The molecule has 4 nitrogen and oxygen atoms in total. The van der Waals surface area contributed by atoms with Crippen molar-refractivity contribution in [2.24, 2.45) is 5.92 Å². The Balaban J connectivity index is 1.71. The van der Waals surface area contributed by atoms with E-state index in [1.165, 1.54) is 0 Å². The maximum absolute atomic E-state index is 5.72. The van der Waals surface area contributed by atoms with E-state index in [4.69, 9.17) is 9.47 Å².